The second-order valence-electron chi connectivity index (χ2n) is 4.87. The molecule has 1 aromatic heterocycles. The quantitative estimate of drug-likeness (QED) is 0.851. The maximum Gasteiger partial charge on any atom is 0.238 e. The predicted molar refractivity (Wildman–Crippen MR) is 64.1 cm³/mol. The number of hydrogen-bond acceptors (Lipinski definition) is 3. The van der Waals surface area contributed by atoms with Crippen molar-refractivity contribution in [2.45, 2.75) is 32.0 Å². The van der Waals surface area contributed by atoms with Crippen molar-refractivity contribution in [3.63, 3.8) is 0 Å². The van der Waals surface area contributed by atoms with E-state index >= 15 is 0 Å². The Morgan fingerprint density at radius 3 is 2.94 bits per heavy atom. The normalized spacial score (nSPS) is 34.2. The molecule has 1 atom stereocenters. The lowest BCUT2D eigenvalue weighted by atomic mass is 9.80. The van der Waals surface area contributed by atoms with Gasteiger partial charge >= 0.3 is 0 Å². The van der Waals surface area contributed by atoms with Gasteiger partial charge < -0.3 is 4.90 Å². The summed E-state index contributed by atoms with van der Waals surface area (Å²) in [5.41, 5.74) is 1.23. The van der Waals surface area contributed by atoms with E-state index in [0.29, 0.717) is 12.6 Å². The summed E-state index contributed by atoms with van der Waals surface area (Å²) in [6.45, 7) is 2.75. The summed E-state index contributed by atoms with van der Waals surface area (Å²) in [7, 11) is 0. The van der Waals surface area contributed by atoms with E-state index in [0.717, 1.165) is 18.8 Å². The second kappa shape index (κ2) is 3.86. The van der Waals surface area contributed by atoms with Crippen molar-refractivity contribution in [1.82, 2.24) is 10.2 Å². The van der Waals surface area contributed by atoms with Crippen LogP contribution in [0.4, 0.5) is 0 Å². The highest BCUT2D eigenvalue weighted by Crippen LogP contribution is 2.37. The molecule has 16 heavy (non-hydrogen) atoms. The molecule has 0 spiro atoms. The molecule has 1 amide bonds. The van der Waals surface area contributed by atoms with Crippen molar-refractivity contribution in [2.75, 3.05) is 6.54 Å². The van der Waals surface area contributed by atoms with Gasteiger partial charge in [0.2, 0.25) is 5.91 Å². The van der Waals surface area contributed by atoms with E-state index < -0.39 is 0 Å². The second-order valence-corrected chi connectivity index (χ2v) is 5.65. The van der Waals surface area contributed by atoms with Crippen LogP contribution in [0.15, 0.2) is 16.8 Å². The third-order valence-electron chi connectivity index (χ3n) is 3.61. The summed E-state index contributed by atoms with van der Waals surface area (Å²) >= 11 is 1.69. The van der Waals surface area contributed by atoms with Crippen LogP contribution in [0.1, 0.15) is 31.5 Å². The Hall–Kier alpha value is -0.870. The first kappa shape index (κ1) is 10.3. The van der Waals surface area contributed by atoms with Gasteiger partial charge in [0.05, 0.1) is 6.54 Å². The van der Waals surface area contributed by atoms with Crippen LogP contribution in [0.25, 0.3) is 0 Å². The van der Waals surface area contributed by atoms with Gasteiger partial charge in [0.1, 0.15) is 6.17 Å². The van der Waals surface area contributed by atoms with Crippen LogP contribution in [0, 0.1) is 5.92 Å². The van der Waals surface area contributed by atoms with Crippen molar-refractivity contribution in [3.8, 4) is 0 Å². The minimum absolute atomic E-state index is 0.122. The van der Waals surface area contributed by atoms with Gasteiger partial charge in [-0.05, 0) is 41.1 Å². The smallest absolute Gasteiger partial charge is 0.238 e. The molecule has 1 saturated carbocycles. The van der Waals surface area contributed by atoms with Crippen LogP contribution in [0.2, 0.25) is 0 Å². The third-order valence-corrected chi connectivity index (χ3v) is 4.32. The molecule has 0 aromatic carbocycles. The molecule has 1 aliphatic carbocycles. The molecule has 86 valence electrons. The Labute approximate surface area is 99.5 Å². The topological polar surface area (TPSA) is 32.3 Å². The lowest BCUT2D eigenvalue weighted by Crippen LogP contribution is -2.46. The molecule has 1 aliphatic heterocycles. The number of carbonyl (C=O) groups excluding carboxylic acids is 1. The average molecular weight is 236 g/mol. The van der Waals surface area contributed by atoms with Crippen molar-refractivity contribution in [1.29, 1.82) is 0 Å². The first-order chi connectivity index (χ1) is 7.75. The minimum atomic E-state index is 0.122. The van der Waals surface area contributed by atoms with E-state index in [1.54, 1.807) is 11.3 Å². The number of hydrogen-bond donors (Lipinski definition) is 1. The van der Waals surface area contributed by atoms with E-state index in [-0.39, 0.29) is 12.1 Å². The van der Waals surface area contributed by atoms with Crippen molar-refractivity contribution < 1.29 is 4.79 Å². The highest BCUT2D eigenvalue weighted by Gasteiger charge is 2.41. The number of amides is 1. The third kappa shape index (κ3) is 1.57. The lowest BCUT2D eigenvalue weighted by Gasteiger charge is -2.42. The van der Waals surface area contributed by atoms with Gasteiger partial charge in [-0.15, -0.1) is 0 Å². The van der Waals surface area contributed by atoms with Crippen molar-refractivity contribution >= 4 is 17.2 Å². The summed E-state index contributed by atoms with van der Waals surface area (Å²) in [6, 6.07) is 2.57. The zero-order valence-electron chi connectivity index (χ0n) is 9.35. The number of nitrogens with zero attached hydrogens (tertiary/aromatic N) is 1. The molecule has 2 fully saturated rings. The SMILES string of the molecule is CC1CC(N2C(=O)CNC2c2ccsc2)C1. The Morgan fingerprint density at radius 2 is 2.31 bits per heavy atom. The Balaban J connectivity index is 1.80. The summed E-state index contributed by atoms with van der Waals surface area (Å²) in [6.07, 6.45) is 2.44. The van der Waals surface area contributed by atoms with E-state index in [9.17, 15) is 4.79 Å². The largest absolute Gasteiger partial charge is 0.319 e. The molecule has 1 aromatic rings. The van der Waals surface area contributed by atoms with E-state index in [2.05, 4.69) is 34.0 Å². The maximum atomic E-state index is 11.9. The summed E-state index contributed by atoms with van der Waals surface area (Å²) in [4.78, 5) is 13.9. The lowest BCUT2D eigenvalue weighted by molar-refractivity contribution is -0.133. The van der Waals surface area contributed by atoms with Crippen LogP contribution in [0.3, 0.4) is 0 Å². The van der Waals surface area contributed by atoms with E-state index in [1.165, 1.54) is 5.56 Å². The van der Waals surface area contributed by atoms with Crippen molar-refractivity contribution in [3.05, 3.63) is 22.4 Å². The predicted octanol–water partition coefficient (Wildman–Crippen LogP) is 1.98. The van der Waals surface area contributed by atoms with Gasteiger partial charge in [0, 0.05) is 6.04 Å². The standard InChI is InChI=1S/C12H16N2OS/c1-8-4-10(5-8)14-11(15)6-13-12(14)9-2-3-16-7-9/h2-3,7-8,10,12-13H,4-6H2,1H3. The van der Waals surface area contributed by atoms with Gasteiger partial charge in [0.15, 0.2) is 0 Å². The first-order valence-corrected chi connectivity index (χ1v) is 6.76. The minimum Gasteiger partial charge on any atom is -0.319 e. The fourth-order valence-electron chi connectivity index (χ4n) is 2.73. The molecule has 3 nitrogen and oxygen atoms in total. The summed E-state index contributed by atoms with van der Waals surface area (Å²) in [5.74, 6) is 1.04. The van der Waals surface area contributed by atoms with E-state index in [1.807, 2.05) is 0 Å². The molecule has 4 heteroatoms. The molecule has 2 aliphatic rings. The summed E-state index contributed by atoms with van der Waals surface area (Å²) in [5, 5.41) is 7.51. The maximum absolute atomic E-state index is 11.9. The van der Waals surface area contributed by atoms with E-state index in [4.69, 9.17) is 0 Å². The molecular weight excluding hydrogens is 220 g/mol. The molecule has 2 heterocycles. The number of thiophene rings is 1. The number of rotatable bonds is 2. The van der Waals surface area contributed by atoms with Crippen molar-refractivity contribution in [2.24, 2.45) is 5.92 Å². The highest BCUT2D eigenvalue weighted by molar-refractivity contribution is 7.07. The Morgan fingerprint density at radius 1 is 1.50 bits per heavy atom. The molecule has 0 bridgehead atoms. The fourth-order valence-corrected chi connectivity index (χ4v) is 3.41. The molecule has 3 rings (SSSR count). The first-order valence-electron chi connectivity index (χ1n) is 5.82. The van der Waals surface area contributed by atoms with Gasteiger partial charge in [-0.1, -0.05) is 6.92 Å². The van der Waals surface area contributed by atoms with Crippen LogP contribution in [-0.4, -0.2) is 23.4 Å². The molecule has 1 unspecified atom stereocenters. The highest BCUT2D eigenvalue weighted by atomic mass is 32.1. The van der Waals surface area contributed by atoms with Crippen LogP contribution < -0.4 is 5.32 Å². The Kier molecular flexibility index (Phi) is 2.48. The summed E-state index contributed by atoms with van der Waals surface area (Å²) < 4.78 is 0. The van der Waals surface area contributed by atoms with Gasteiger partial charge in [0.25, 0.3) is 0 Å². The average Bonchev–Trinajstić information content (AvgIpc) is 2.82. The van der Waals surface area contributed by atoms with Crippen LogP contribution in [-0.2, 0) is 4.79 Å². The van der Waals surface area contributed by atoms with Crippen LogP contribution in [0.5, 0.6) is 0 Å². The monoisotopic (exact) mass is 236 g/mol. The molecular formula is C12H16N2OS. The van der Waals surface area contributed by atoms with Gasteiger partial charge in [-0.2, -0.15) is 11.3 Å². The number of carbonyl (C=O) groups is 1. The van der Waals surface area contributed by atoms with Gasteiger partial charge in [-0.3, -0.25) is 10.1 Å². The molecule has 1 N–H and O–H groups in total. The Bertz CT molecular complexity index is 384. The zero-order valence-corrected chi connectivity index (χ0v) is 10.2. The number of nitrogens with one attached hydrogen (secondary N) is 1. The fraction of sp³-hybridized carbons (Fsp3) is 0.583. The van der Waals surface area contributed by atoms with Crippen LogP contribution >= 0.6 is 11.3 Å². The molecule has 1 saturated heterocycles. The zero-order chi connectivity index (χ0) is 11.1. The van der Waals surface area contributed by atoms with Gasteiger partial charge in [-0.25, -0.2) is 0 Å². The molecule has 0 radical (unpaired) electrons.